The predicted molar refractivity (Wildman–Crippen MR) is 151 cm³/mol. The molecule has 2 heterocycles. The van der Waals surface area contributed by atoms with Crippen LogP contribution < -0.4 is 15.0 Å². The van der Waals surface area contributed by atoms with Crippen LogP contribution in [-0.2, 0) is 11.3 Å². The average Bonchev–Trinajstić information content (AvgIpc) is 3.55. The molecule has 1 fully saturated rings. The van der Waals surface area contributed by atoms with Crippen LogP contribution in [0.25, 0.3) is 17.1 Å². The number of rotatable bonds is 6. The van der Waals surface area contributed by atoms with E-state index in [-0.39, 0.29) is 16.8 Å². The number of hydrogen-bond acceptors (Lipinski definition) is 6. The second-order valence-corrected chi connectivity index (χ2v) is 9.94. The van der Waals surface area contributed by atoms with Crippen LogP contribution in [0.2, 0.25) is 0 Å². The number of ether oxygens (including phenoxy) is 1. The van der Waals surface area contributed by atoms with Crippen molar-refractivity contribution in [3.05, 3.63) is 90.3 Å². The van der Waals surface area contributed by atoms with Crippen LogP contribution in [0.4, 0.5) is 18.9 Å². The van der Waals surface area contributed by atoms with Gasteiger partial charge in [0.2, 0.25) is 5.91 Å². The minimum atomic E-state index is -4.75. The molecule has 1 amide bonds. The molecule has 40 heavy (non-hydrogen) atoms. The van der Waals surface area contributed by atoms with E-state index in [2.05, 4.69) is 25.1 Å². The quantitative estimate of drug-likeness (QED) is 0.294. The van der Waals surface area contributed by atoms with Gasteiger partial charge in [0.1, 0.15) is 12.1 Å². The Morgan fingerprint density at radius 2 is 1.82 bits per heavy atom. The summed E-state index contributed by atoms with van der Waals surface area (Å²) in [6.07, 6.45) is -3.27. The molecule has 0 unspecified atom stereocenters. The first-order chi connectivity index (χ1) is 19.2. The molecule has 1 N–H and O–H groups in total. The lowest BCUT2D eigenvalue weighted by atomic mass is 10.1. The number of aromatic nitrogens is 3. The fraction of sp³-hybridized carbons (Fsp3) is 0.148. The Bertz CT molecular complexity index is 1570. The number of carbonyl (C=O) groups excluding carboxylic acids is 1. The molecule has 5 rings (SSSR count). The van der Waals surface area contributed by atoms with Crippen LogP contribution in [0.3, 0.4) is 0 Å². The van der Waals surface area contributed by atoms with Gasteiger partial charge in [0.05, 0.1) is 17.1 Å². The summed E-state index contributed by atoms with van der Waals surface area (Å²) in [5.74, 6) is 0.403. The molecule has 0 atom stereocenters. The van der Waals surface area contributed by atoms with Crippen LogP contribution in [0.5, 0.6) is 5.75 Å². The van der Waals surface area contributed by atoms with Gasteiger partial charge in [-0.15, -0.1) is 18.3 Å². The monoisotopic (exact) mass is 582 g/mol. The molecule has 0 bridgehead atoms. The highest BCUT2D eigenvalue weighted by Crippen LogP contribution is 2.29. The zero-order valence-electron chi connectivity index (χ0n) is 20.9. The maximum absolute atomic E-state index is 12.5. The normalized spacial score (nSPS) is 14.6. The fourth-order valence-electron chi connectivity index (χ4n) is 3.89. The minimum absolute atomic E-state index is 0.0417. The lowest BCUT2D eigenvalue weighted by Gasteiger charge is -2.18. The van der Waals surface area contributed by atoms with Crippen molar-refractivity contribution in [3.8, 4) is 22.8 Å². The Morgan fingerprint density at radius 3 is 2.52 bits per heavy atom. The van der Waals surface area contributed by atoms with Gasteiger partial charge in [0.15, 0.2) is 16.1 Å². The first kappa shape index (κ1) is 27.3. The molecule has 4 aromatic rings. The van der Waals surface area contributed by atoms with Crippen LogP contribution in [0.15, 0.2) is 84.1 Å². The van der Waals surface area contributed by atoms with E-state index < -0.39 is 6.36 Å². The molecule has 1 aromatic heterocycles. The van der Waals surface area contributed by atoms with E-state index in [1.165, 1.54) is 47.0 Å². The van der Waals surface area contributed by atoms with Gasteiger partial charge in [0.25, 0.3) is 0 Å². The Kier molecular flexibility index (Phi) is 7.85. The van der Waals surface area contributed by atoms with Crippen molar-refractivity contribution in [1.82, 2.24) is 20.1 Å². The maximum Gasteiger partial charge on any atom is 0.573 e. The van der Waals surface area contributed by atoms with Gasteiger partial charge < -0.3 is 10.1 Å². The zero-order valence-corrected chi connectivity index (χ0v) is 22.6. The van der Waals surface area contributed by atoms with E-state index in [4.69, 9.17) is 12.2 Å². The number of thiocarbonyl (C=S) groups is 1. The van der Waals surface area contributed by atoms with Gasteiger partial charge in [-0.2, -0.15) is 4.99 Å². The number of thioether (sulfide) groups is 1. The summed E-state index contributed by atoms with van der Waals surface area (Å²) >= 11 is 6.76. The molecule has 1 aliphatic rings. The van der Waals surface area contributed by atoms with Crippen LogP contribution in [0.1, 0.15) is 11.1 Å². The number of nitrogens with one attached hydrogen (secondary N) is 1. The van der Waals surface area contributed by atoms with E-state index in [0.717, 1.165) is 22.4 Å². The van der Waals surface area contributed by atoms with E-state index in [1.54, 1.807) is 4.90 Å². The number of hydrogen-bond donors (Lipinski definition) is 1. The molecule has 0 radical (unpaired) electrons. The van der Waals surface area contributed by atoms with Gasteiger partial charge in [-0.05, 0) is 60.6 Å². The molecule has 0 saturated carbocycles. The Labute approximate surface area is 236 Å². The molecule has 3 aromatic carbocycles. The third-order valence-electron chi connectivity index (χ3n) is 5.80. The molecule has 1 saturated heterocycles. The van der Waals surface area contributed by atoms with E-state index in [9.17, 15) is 18.0 Å². The van der Waals surface area contributed by atoms with Crippen molar-refractivity contribution in [2.75, 3.05) is 10.7 Å². The summed E-state index contributed by atoms with van der Waals surface area (Å²) in [6.45, 7) is 2.37. The van der Waals surface area contributed by atoms with Crippen molar-refractivity contribution in [1.29, 1.82) is 0 Å². The SMILES string of the molecule is Cc1ccccc1N1C(=O)CSC1=NC(=S)NCc1ccc(-c2ncn(-c3ccc(OC(F)(F)F)cc3)n2)cc1. The standard InChI is InChI=1S/C27H21F3N6O2S2/c1-17-4-2-3-5-22(17)36-23(37)15-40-26(36)33-25(39)31-14-18-6-8-19(9-7-18)24-32-16-35(34-24)20-10-12-21(13-11-20)38-27(28,29)30/h2-13,16H,14-15H2,1H3,(H,31,39). The lowest BCUT2D eigenvalue weighted by Crippen LogP contribution is -2.31. The first-order valence-corrected chi connectivity index (χ1v) is 13.3. The smallest absolute Gasteiger partial charge is 0.406 e. The van der Waals surface area contributed by atoms with Gasteiger partial charge in [-0.1, -0.05) is 54.2 Å². The second-order valence-electron chi connectivity index (χ2n) is 8.61. The van der Waals surface area contributed by atoms with Gasteiger partial charge in [-0.25, -0.2) is 9.67 Å². The third-order valence-corrected chi connectivity index (χ3v) is 6.96. The molecule has 0 aliphatic carbocycles. The van der Waals surface area contributed by atoms with Crippen molar-refractivity contribution in [2.24, 2.45) is 4.99 Å². The van der Waals surface area contributed by atoms with Crippen molar-refractivity contribution < 1.29 is 22.7 Å². The summed E-state index contributed by atoms with van der Waals surface area (Å²) < 4.78 is 42.5. The number of alkyl halides is 3. The van der Waals surface area contributed by atoms with Crippen LogP contribution in [-0.4, -0.2) is 43.1 Å². The number of nitrogens with zero attached hydrogens (tertiary/aromatic N) is 5. The Morgan fingerprint density at radius 1 is 1.10 bits per heavy atom. The molecule has 0 spiro atoms. The largest absolute Gasteiger partial charge is 0.573 e. The molecular formula is C27H21F3N6O2S2. The van der Waals surface area contributed by atoms with Gasteiger partial charge >= 0.3 is 6.36 Å². The summed E-state index contributed by atoms with van der Waals surface area (Å²) in [4.78, 5) is 22.9. The van der Waals surface area contributed by atoms with Gasteiger partial charge in [0, 0.05) is 12.1 Å². The Balaban J connectivity index is 1.20. The van der Waals surface area contributed by atoms with Crippen molar-refractivity contribution >= 4 is 45.9 Å². The van der Waals surface area contributed by atoms with Gasteiger partial charge in [-0.3, -0.25) is 9.69 Å². The number of halogens is 3. The average molecular weight is 583 g/mol. The lowest BCUT2D eigenvalue weighted by molar-refractivity contribution is -0.274. The number of aryl methyl sites for hydroxylation is 1. The zero-order chi connectivity index (χ0) is 28.3. The number of carbonyl (C=O) groups is 1. The van der Waals surface area contributed by atoms with Crippen molar-refractivity contribution in [3.63, 3.8) is 0 Å². The summed E-state index contributed by atoms with van der Waals surface area (Å²) in [7, 11) is 0. The first-order valence-electron chi connectivity index (χ1n) is 11.9. The van der Waals surface area contributed by atoms with Crippen LogP contribution in [0, 0.1) is 6.92 Å². The molecule has 13 heteroatoms. The molecule has 1 aliphatic heterocycles. The Hall–Kier alpha value is -4.23. The molecule has 8 nitrogen and oxygen atoms in total. The minimum Gasteiger partial charge on any atom is -0.406 e. The number of benzene rings is 3. The number of aliphatic imine (C=N–C) groups is 1. The van der Waals surface area contributed by atoms with Crippen molar-refractivity contribution in [2.45, 2.75) is 19.8 Å². The second kappa shape index (κ2) is 11.5. The molecule has 204 valence electrons. The maximum atomic E-state index is 12.5. The highest BCUT2D eigenvalue weighted by Gasteiger charge is 2.31. The predicted octanol–water partition coefficient (Wildman–Crippen LogP) is 5.65. The highest BCUT2D eigenvalue weighted by atomic mass is 32.2. The number of amidine groups is 1. The van der Waals surface area contributed by atoms with E-state index in [1.807, 2.05) is 55.5 Å². The highest BCUT2D eigenvalue weighted by molar-refractivity contribution is 8.15. The third kappa shape index (κ3) is 6.49. The van der Waals surface area contributed by atoms with E-state index in [0.29, 0.717) is 29.0 Å². The number of amides is 1. The fourth-order valence-corrected chi connectivity index (χ4v) is 4.98. The summed E-state index contributed by atoms with van der Waals surface area (Å²) in [6, 6.07) is 20.5. The van der Waals surface area contributed by atoms with Crippen LogP contribution >= 0.6 is 24.0 Å². The number of anilines is 1. The summed E-state index contributed by atoms with van der Waals surface area (Å²) in [5, 5.41) is 8.33. The van der Waals surface area contributed by atoms with E-state index >= 15 is 0 Å². The number of para-hydroxylation sites is 1. The molecular weight excluding hydrogens is 561 g/mol. The topological polar surface area (TPSA) is 84.6 Å². The summed E-state index contributed by atoms with van der Waals surface area (Å²) in [5.41, 5.74) is 4.00.